The molecule has 4 heteroatoms. The highest BCUT2D eigenvalue weighted by Crippen LogP contribution is 2.19. The summed E-state index contributed by atoms with van der Waals surface area (Å²) in [6.07, 6.45) is 0. The molecule has 0 aliphatic heterocycles. The fourth-order valence-corrected chi connectivity index (χ4v) is 1.83. The Morgan fingerprint density at radius 3 is 2.21 bits per heavy atom. The van der Waals surface area contributed by atoms with Crippen molar-refractivity contribution in [2.24, 2.45) is 0 Å². The summed E-state index contributed by atoms with van der Waals surface area (Å²) in [5.74, 6) is 0.195. The molecule has 1 aromatic carbocycles. The zero-order valence-corrected chi connectivity index (χ0v) is 12.1. The molecule has 19 heavy (non-hydrogen) atoms. The van der Waals surface area contributed by atoms with Crippen LogP contribution in [0, 0.1) is 0 Å². The van der Waals surface area contributed by atoms with Gasteiger partial charge in [0.15, 0.2) is 0 Å². The van der Waals surface area contributed by atoms with Gasteiger partial charge in [0, 0.05) is 13.7 Å². The van der Waals surface area contributed by atoms with Crippen molar-refractivity contribution >= 4 is 5.97 Å². The summed E-state index contributed by atoms with van der Waals surface area (Å²) < 4.78 is 9.81. The van der Waals surface area contributed by atoms with Crippen molar-refractivity contribution in [1.82, 2.24) is 5.32 Å². The molecule has 0 radical (unpaired) electrons. The van der Waals surface area contributed by atoms with Crippen molar-refractivity contribution in [3.63, 3.8) is 0 Å². The average Bonchev–Trinajstić information content (AvgIpc) is 2.43. The normalized spacial score (nSPS) is 12.5. The quantitative estimate of drug-likeness (QED) is 0.607. The molecule has 0 heterocycles. The number of carbonyl (C=O) groups is 1. The van der Waals surface area contributed by atoms with E-state index in [0.717, 1.165) is 5.56 Å². The minimum Gasteiger partial charge on any atom is -0.468 e. The Hall–Kier alpha value is -1.39. The molecule has 1 atom stereocenters. The molecular formula is C15H23NO3. The Balaban J connectivity index is 2.81. The molecule has 0 spiro atoms. The molecule has 0 saturated heterocycles. The third-order valence-corrected chi connectivity index (χ3v) is 3.03. The van der Waals surface area contributed by atoms with Gasteiger partial charge in [-0.05, 0) is 17.0 Å². The van der Waals surface area contributed by atoms with Gasteiger partial charge in [-0.2, -0.15) is 0 Å². The molecule has 0 amide bonds. The number of nitrogens with one attached hydrogen (secondary N) is 1. The summed E-state index contributed by atoms with van der Waals surface area (Å²) >= 11 is 0. The van der Waals surface area contributed by atoms with Crippen LogP contribution in [0.2, 0.25) is 0 Å². The smallest absolute Gasteiger partial charge is 0.327 e. The lowest BCUT2D eigenvalue weighted by atomic mass is 9.99. The first kappa shape index (κ1) is 15.7. The maximum absolute atomic E-state index is 11.8. The second-order valence-corrected chi connectivity index (χ2v) is 4.72. The molecule has 0 aromatic heterocycles. The van der Waals surface area contributed by atoms with Crippen molar-refractivity contribution in [2.45, 2.75) is 25.8 Å². The Morgan fingerprint density at radius 2 is 1.74 bits per heavy atom. The number of methoxy groups -OCH3 is 2. The molecule has 1 rings (SSSR count). The van der Waals surface area contributed by atoms with E-state index in [1.54, 1.807) is 7.11 Å². The molecule has 0 aliphatic rings. The Morgan fingerprint density at radius 1 is 1.16 bits per heavy atom. The lowest BCUT2D eigenvalue weighted by Gasteiger charge is -2.17. The molecule has 0 fully saturated rings. The van der Waals surface area contributed by atoms with Gasteiger partial charge in [-0.15, -0.1) is 0 Å². The van der Waals surface area contributed by atoms with E-state index in [9.17, 15) is 4.79 Å². The summed E-state index contributed by atoms with van der Waals surface area (Å²) in [5.41, 5.74) is 2.16. The Labute approximate surface area is 115 Å². The van der Waals surface area contributed by atoms with Crippen molar-refractivity contribution in [2.75, 3.05) is 27.4 Å². The Kier molecular flexibility index (Phi) is 6.53. The van der Waals surface area contributed by atoms with Crippen LogP contribution in [0.3, 0.4) is 0 Å². The van der Waals surface area contributed by atoms with Gasteiger partial charge in [0.25, 0.3) is 0 Å². The molecule has 0 bridgehead atoms. The zero-order chi connectivity index (χ0) is 14.3. The third kappa shape index (κ3) is 4.65. The number of carbonyl (C=O) groups excluding carboxylic acids is 1. The maximum atomic E-state index is 11.8. The third-order valence-electron chi connectivity index (χ3n) is 3.03. The van der Waals surface area contributed by atoms with E-state index in [1.165, 1.54) is 12.7 Å². The summed E-state index contributed by atoms with van der Waals surface area (Å²) in [6, 6.07) is 7.59. The van der Waals surface area contributed by atoms with Crippen LogP contribution in [0.4, 0.5) is 0 Å². The lowest BCUT2D eigenvalue weighted by molar-refractivity contribution is -0.143. The largest absolute Gasteiger partial charge is 0.468 e. The van der Waals surface area contributed by atoms with Crippen LogP contribution < -0.4 is 5.32 Å². The number of rotatable bonds is 7. The molecule has 1 unspecified atom stereocenters. The van der Waals surface area contributed by atoms with Crippen molar-refractivity contribution in [3.05, 3.63) is 35.4 Å². The number of benzene rings is 1. The molecule has 106 valence electrons. The second-order valence-electron chi connectivity index (χ2n) is 4.72. The van der Waals surface area contributed by atoms with Gasteiger partial charge in [-0.25, -0.2) is 4.79 Å². The molecule has 1 aromatic rings. The zero-order valence-electron chi connectivity index (χ0n) is 12.1. The molecule has 1 N–H and O–H groups in total. The van der Waals surface area contributed by atoms with Gasteiger partial charge in [0.2, 0.25) is 0 Å². The van der Waals surface area contributed by atoms with Crippen molar-refractivity contribution in [3.8, 4) is 0 Å². The monoisotopic (exact) mass is 265 g/mol. The first-order valence-electron chi connectivity index (χ1n) is 6.50. The number of hydrogen-bond donors (Lipinski definition) is 1. The highest BCUT2D eigenvalue weighted by atomic mass is 16.5. The van der Waals surface area contributed by atoms with Crippen LogP contribution in [0.5, 0.6) is 0 Å². The van der Waals surface area contributed by atoms with E-state index in [0.29, 0.717) is 19.1 Å². The van der Waals surface area contributed by atoms with Crippen LogP contribution in [0.15, 0.2) is 24.3 Å². The standard InChI is InChI=1S/C15H23NO3/c1-11(2)12-5-7-13(8-6-12)14(15(17)19-4)16-9-10-18-3/h5-8,11,14,16H,9-10H2,1-4H3. The minimum atomic E-state index is -0.443. The summed E-state index contributed by atoms with van der Waals surface area (Å²) in [7, 11) is 3.03. The first-order chi connectivity index (χ1) is 9.10. The van der Waals surface area contributed by atoms with E-state index >= 15 is 0 Å². The highest BCUT2D eigenvalue weighted by Gasteiger charge is 2.20. The SMILES string of the molecule is COCCNC(C(=O)OC)c1ccc(C(C)C)cc1. The number of ether oxygens (including phenoxy) is 2. The summed E-state index contributed by atoms with van der Waals surface area (Å²) in [5, 5.41) is 3.14. The molecular weight excluding hydrogens is 242 g/mol. The van der Waals surface area contributed by atoms with E-state index < -0.39 is 6.04 Å². The van der Waals surface area contributed by atoms with Crippen LogP contribution in [0.1, 0.15) is 36.9 Å². The van der Waals surface area contributed by atoms with E-state index in [4.69, 9.17) is 9.47 Å². The molecule has 0 aliphatic carbocycles. The van der Waals surface area contributed by atoms with E-state index in [-0.39, 0.29) is 5.97 Å². The summed E-state index contributed by atoms with van der Waals surface area (Å²) in [6.45, 7) is 5.44. The predicted molar refractivity (Wildman–Crippen MR) is 75.2 cm³/mol. The predicted octanol–water partition coefficient (Wildman–Crippen LogP) is 2.26. The number of hydrogen-bond acceptors (Lipinski definition) is 4. The van der Waals surface area contributed by atoms with Crippen LogP contribution >= 0.6 is 0 Å². The molecule has 0 saturated carbocycles. The van der Waals surface area contributed by atoms with Gasteiger partial charge in [0.05, 0.1) is 13.7 Å². The van der Waals surface area contributed by atoms with E-state index in [2.05, 4.69) is 19.2 Å². The topological polar surface area (TPSA) is 47.6 Å². The molecule has 4 nitrogen and oxygen atoms in total. The summed E-state index contributed by atoms with van der Waals surface area (Å²) in [4.78, 5) is 11.8. The van der Waals surface area contributed by atoms with Gasteiger partial charge in [0.1, 0.15) is 6.04 Å². The van der Waals surface area contributed by atoms with Crippen molar-refractivity contribution in [1.29, 1.82) is 0 Å². The fourth-order valence-electron chi connectivity index (χ4n) is 1.83. The first-order valence-corrected chi connectivity index (χ1v) is 6.50. The van der Waals surface area contributed by atoms with Gasteiger partial charge < -0.3 is 9.47 Å². The van der Waals surface area contributed by atoms with E-state index in [1.807, 2.05) is 24.3 Å². The van der Waals surface area contributed by atoms with Gasteiger partial charge in [-0.3, -0.25) is 5.32 Å². The lowest BCUT2D eigenvalue weighted by Crippen LogP contribution is -2.32. The second kappa shape index (κ2) is 7.92. The number of esters is 1. The van der Waals surface area contributed by atoms with Gasteiger partial charge in [-0.1, -0.05) is 38.1 Å². The van der Waals surface area contributed by atoms with Crippen LogP contribution in [0.25, 0.3) is 0 Å². The average molecular weight is 265 g/mol. The maximum Gasteiger partial charge on any atom is 0.327 e. The Bertz CT molecular complexity index is 387. The van der Waals surface area contributed by atoms with Crippen LogP contribution in [-0.2, 0) is 14.3 Å². The highest BCUT2D eigenvalue weighted by molar-refractivity contribution is 5.77. The minimum absolute atomic E-state index is 0.284. The fraction of sp³-hybridized carbons (Fsp3) is 0.533. The van der Waals surface area contributed by atoms with Crippen LogP contribution in [-0.4, -0.2) is 33.3 Å². The van der Waals surface area contributed by atoms with Gasteiger partial charge >= 0.3 is 5.97 Å². The van der Waals surface area contributed by atoms with Crippen molar-refractivity contribution < 1.29 is 14.3 Å².